The first kappa shape index (κ1) is 13.1. The Morgan fingerprint density at radius 3 is 2.47 bits per heavy atom. The lowest BCUT2D eigenvalue weighted by Crippen LogP contribution is -2.32. The molecule has 0 unspecified atom stereocenters. The van der Waals surface area contributed by atoms with Gasteiger partial charge in [0.2, 0.25) is 11.8 Å². The van der Waals surface area contributed by atoms with Gasteiger partial charge in [0.1, 0.15) is 5.82 Å². The first-order valence-electron chi connectivity index (χ1n) is 4.99. The van der Waals surface area contributed by atoms with E-state index in [0.717, 1.165) is 6.07 Å². The summed E-state index contributed by atoms with van der Waals surface area (Å²) in [5.74, 6) is -1.84. The third-order valence-electron chi connectivity index (χ3n) is 2.30. The summed E-state index contributed by atoms with van der Waals surface area (Å²) in [7, 11) is 0. The van der Waals surface area contributed by atoms with Gasteiger partial charge in [-0.2, -0.15) is 0 Å². The monoisotopic (exact) mass is 239 g/mol. The average molecular weight is 239 g/mol. The zero-order chi connectivity index (χ0) is 13.2. The number of hydrogen-bond acceptors (Lipinski definition) is 3. The van der Waals surface area contributed by atoms with Crippen LogP contribution in [0.2, 0.25) is 0 Å². The number of nitrogens with one attached hydrogen (secondary N) is 1. The maximum Gasteiger partial charge on any atom is 0.248 e. The van der Waals surface area contributed by atoms with Crippen molar-refractivity contribution in [3.63, 3.8) is 0 Å². The average Bonchev–Trinajstić information content (AvgIpc) is 2.23. The van der Waals surface area contributed by atoms with Crippen LogP contribution >= 0.6 is 0 Å². The molecule has 0 aliphatic carbocycles. The number of rotatable bonds is 3. The van der Waals surface area contributed by atoms with Crippen molar-refractivity contribution in [3.8, 4) is 0 Å². The zero-order valence-corrected chi connectivity index (χ0v) is 9.58. The van der Waals surface area contributed by atoms with Crippen molar-refractivity contribution in [2.75, 3.05) is 5.32 Å². The van der Waals surface area contributed by atoms with Gasteiger partial charge in [0.05, 0.1) is 6.04 Å². The van der Waals surface area contributed by atoms with Crippen LogP contribution in [-0.2, 0) is 4.79 Å². The Morgan fingerprint density at radius 1 is 1.41 bits per heavy atom. The van der Waals surface area contributed by atoms with Crippen molar-refractivity contribution in [3.05, 3.63) is 29.1 Å². The van der Waals surface area contributed by atoms with Crippen LogP contribution in [0.15, 0.2) is 12.1 Å². The number of halogens is 1. The number of hydrogen-bond donors (Lipinski definition) is 3. The number of benzene rings is 1. The molecule has 1 aromatic carbocycles. The summed E-state index contributed by atoms with van der Waals surface area (Å²) in [4.78, 5) is 22.3. The van der Waals surface area contributed by atoms with Crippen LogP contribution in [0.5, 0.6) is 0 Å². The first-order chi connectivity index (χ1) is 7.82. The van der Waals surface area contributed by atoms with E-state index in [1.165, 1.54) is 19.9 Å². The van der Waals surface area contributed by atoms with Gasteiger partial charge in [0, 0.05) is 16.8 Å². The van der Waals surface area contributed by atoms with E-state index in [4.69, 9.17) is 11.5 Å². The molecular weight excluding hydrogens is 225 g/mol. The van der Waals surface area contributed by atoms with Crippen molar-refractivity contribution in [1.29, 1.82) is 0 Å². The lowest BCUT2D eigenvalue weighted by atomic mass is 10.1. The lowest BCUT2D eigenvalue weighted by Gasteiger charge is -2.12. The number of carbonyl (C=O) groups is 2. The minimum atomic E-state index is -0.764. The highest BCUT2D eigenvalue weighted by Gasteiger charge is 2.14. The summed E-state index contributed by atoms with van der Waals surface area (Å²) in [6.45, 7) is 2.98. The Labute approximate surface area is 98.0 Å². The Morgan fingerprint density at radius 2 is 2.00 bits per heavy atom. The van der Waals surface area contributed by atoms with E-state index >= 15 is 0 Å². The summed E-state index contributed by atoms with van der Waals surface area (Å²) < 4.78 is 13.5. The second-order valence-corrected chi connectivity index (χ2v) is 3.77. The predicted octanol–water partition coefficient (Wildman–Crippen LogP) is 0.519. The largest absolute Gasteiger partial charge is 0.366 e. The van der Waals surface area contributed by atoms with Gasteiger partial charge >= 0.3 is 0 Å². The van der Waals surface area contributed by atoms with Crippen molar-refractivity contribution >= 4 is 17.5 Å². The van der Waals surface area contributed by atoms with E-state index in [0.29, 0.717) is 0 Å². The molecule has 1 rings (SSSR count). The van der Waals surface area contributed by atoms with Gasteiger partial charge in [-0.3, -0.25) is 9.59 Å². The summed E-state index contributed by atoms with van der Waals surface area (Å²) in [6.07, 6.45) is 0. The molecule has 0 spiro atoms. The van der Waals surface area contributed by atoms with Gasteiger partial charge in [-0.25, -0.2) is 4.39 Å². The fourth-order valence-corrected chi connectivity index (χ4v) is 1.20. The van der Waals surface area contributed by atoms with Gasteiger partial charge in [-0.05, 0) is 26.0 Å². The quantitative estimate of drug-likeness (QED) is 0.717. The SMILES string of the molecule is Cc1c(F)cc(C(N)=O)cc1NC(=O)[C@@H](C)N. The molecule has 1 aromatic rings. The Bertz CT molecular complexity index is 472. The molecule has 17 heavy (non-hydrogen) atoms. The van der Waals surface area contributed by atoms with Crippen LogP contribution < -0.4 is 16.8 Å². The molecule has 2 amide bonds. The molecule has 0 saturated heterocycles. The molecular formula is C11H14FN3O2. The maximum absolute atomic E-state index is 13.5. The summed E-state index contributed by atoms with van der Waals surface area (Å²) in [5.41, 5.74) is 10.8. The van der Waals surface area contributed by atoms with Gasteiger partial charge in [0.15, 0.2) is 0 Å². The van der Waals surface area contributed by atoms with Gasteiger partial charge < -0.3 is 16.8 Å². The van der Waals surface area contributed by atoms with Crippen LogP contribution in [-0.4, -0.2) is 17.9 Å². The minimum Gasteiger partial charge on any atom is -0.366 e. The number of primary amides is 1. The Hall–Kier alpha value is -1.95. The van der Waals surface area contributed by atoms with Crippen molar-refractivity contribution < 1.29 is 14.0 Å². The van der Waals surface area contributed by atoms with Crippen LogP contribution in [0.4, 0.5) is 10.1 Å². The third-order valence-corrected chi connectivity index (χ3v) is 2.30. The molecule has 6 heteroatoms. The van der Waals surface area contributed by atoms with Crippen LogP contribution in [0, 0.1) is 12.7 Å². The normalized spacial score (nSPS) is 12.0. The molecule has 0 fully saturated rings. The second kappa shape index (κ2) is 4.92. The summed E-state index contributed by atoms with van der Waals surface area (Å²) >= 11 is 0. The van der Waals surface area contributed by atoms with Gasteiger partial charge in [-0.1, -0.05) is 0 Å². The molecule has 0 aromatic heterocycles. The second-order valence-electron chi connectivity index (χ2n) is 3.77. The molecule has 0 bridgehead atoms. The summed E-state index contributed by atoms with van der Waals surface area (Å²) in [5, 5.41) is 2.43. The highest BCUT2D eigenvalue weighted by Crippen LogP contribution is 2.20. The van der Waals surface area contributed by atoms with E-state index in [2.05, 4.69) is 5.32 Å². The van der Waals surface area contributed by atoms with E-state index in [-0.39, 0.29) is 16.8 Å². The van der Waals surface area contributed by atoms with Crippen molar-refractivity contribution in [2.45, 2.75) is 19.9 Å². The Kier molecular flexibility index (Phi) is 3.80. The van der Waals surface area contributed by atoms with Gasteiger partial charge in [-0.15, -0.1) is 0 Å². The smallest absolute Gasteiger partial charge is 0.248 e. The van der Waals surface area contributed by atoms with E-state index in [1.807, 2.05) is 0 Å². The molecule has 5 nitrogen and oxygen atoms in total. The molecule has 0 heterocycles. The van der Waals surface area contributed by atoms with Crippen LogP contribution in [0.25, 0.3) is 0 Å². The number of amides is 2. The summed E-state index contributed by atoms with van der Waals surface area (Å²) in [6, 6.07) is 1.62. The van der Waals surface area contributed by atoms with E-state index < -0.39 is 23.7 Å². The predicted molar refractivity (Wildman–Crippen MR) is 61.9 cm³/mol. The fourth-order valence-electron chi connectivity index (χ4n) is 1.20. The fraction of sp³-hybridized carbons (Fsp3) is 0.273. The molecule has 0 aliphatic rings. The highest BCUT2D eigenvalue weighted by atomic mass is 19.1. The van der Waals surface area contributed by atoms with E-state index in [1.54, 1.807) is 0 Å². The minimum absolute atomic E-state index is 0.00641. The van der Waals surface area contributed by atoms with Crippen molar-refractivity contribution in [2.24, 2.45) is 11.5 Å². The molecule has 5 N–H and O–H groups in total. The Balaban J connectivity index is 3.14. The topological polar surface area (TPSA) is 98.2 Å². The molecule has 0 radical (unpaired) electrons. The number of carbonyl (C=O) groups excluding carboxylic acids is 2. The van der Waals surface area contributed by atoms with Crippen molar-refractivity contribution in [1.82, 2.24) is 0 Å². The highest BCUT2D eigenvalue weighted by molar-refractivity contribution is 5.98. The number of anilines is 1. The maximum atomic E-state index is 13.5. The lowest BCUT2D eigenvalue weighted by molar-refractivity contribution is -0.117. The van der Waals surface area contributed by atoms with Gasteiger partial charge in [0.25, 0.3) is 0 Å². The molecule has 0 saturated carbocycles. The molecule has 0 aliphatic heterocycles. The number of nitrogens with two attached hydrogens (primary N) is 2. The van der Waals surface area contributed by atoms with Crippen LogP contribution in [0.1, 0.15) is 22.8 Å². The molecule has 1 atom stereocenters. The third kappa shape index (κ3) is 3.01. The van der Waals surface area contributed by atoms with Crippen LogP contribution in [0.3, 0.4) is 0 Å². The standard InChI is InChI=1S/C11H14FN3O2/c1-5-8(12)3-7(10(14)16)4-9(5)15-11(17)6(2)13/h3-4,6H,13H2,1-2H3,(H2,14,16)(H,15,17)/t6-/m1/s1. The first-order valence-corrected chi connectivity index (χ1v) is 4.99. The zero-order valence-electron chi connectivity index (χ0n) is 9.58. The molecule has 92 valence electrons. The van der Waals surface area contributed by atoms with E-state index in [9.17, 15) is 14.0 Å².